The molecule has 0 bridgehead atoms. The van der Waals surface area contributed by atoms with Gasteiger partial charge in [0.25, 0.3) is 11.8 Å². The number of urea groups is 1. The van der Waals surface area contributed by atoms with Gasteiger partial charge in [-0.05, 0) is 36.4 Å². The van der Waals surface area contributed by atoms with Crippen LogP contribution in [0.3, 0.4) is 0 Å². The third-order valence-corrected chi connectivity index (χ3v) is 4.25. The molecule has 3 rings (SSSR count). The number of ether oxygens (including phenoxy) is 1. The lowest BCUT2D eigenvalue weighted by atomic mass is 10.1. The monoisotopic (exact) mass is 424 g/mol. The van der Waals surface area contributed by atoms with Gasteiger partial charge in [0.15, 0.2) is 0 Å². The number of amides is 4. The Morgan fingerprint density at radius 1 is 1.11 bits per heavy atom. The molecule has 1 aliphatic rings. The fraction of sp³-hybridized carbons (Fsp3) is 0.0500. The zero-order valence-corrected chi connectivity index (χ0v) is 15.5. The molecule has 7 heteroatoms. The summed E-state index contributed by atoms with van der Waals surface area (Å²) in [6, 6.07) is 12.6. The molecule has 0 saturated carbocycles. The second-order valence-electron chi connectivity index (χ2n) is 5.46. The minimum Gasteiger partial charge on any atom is -0.480 e. The van der Waals surface area contributed by atoms with Crippen molar-refractivity contribution in [3.8, 4) is 18.1 Å². The molecule has 1 heterocycles. The van der Waals surface area contributed by atoms with Gasteiger partial charge in [0, 0.05) is 10.0 Å². The lowest BCUT2D eigenvalue weighted by Crippen LogP contribution is -2.54. The molecule has 0 radical (unpaired) electrons. The molecule has 2 aromatic rings. The van der Waals surface area contributed by atoms with Gasteiger partial charge in [0.1, 0.15) is 17.9 Å². The Kier molecular flexibility index (Phi) is 5.38. The summed E-state index contributed by atoms with van der Waals surface area (Å²) in [5, 5.41) is 2.18. The predicted octanol–water partition coefficient (Wildman–Crippen LogP) is 3.13. The molecule has 0 aliphatic carbocycles. The van der Waals surface area contributed by atoms with Crippen molar-refractivity contribution in [3.05, 3.63) is 64.1 Å². The van der Waals surface area contributed by atoms with Crippen molar-refractivity contribution in [3.63, 3.8) is 0 Å². The standard InChI is InChI=1S/C20H13BrN2O4/c1-2-11-27-17-6-4-3-5-13(17)12-16-18(24)22-20(26)23(19(16)25)15-9-7-14(21)8-10-15/h1,3-10,12H,11H2,(H,22,24,26)/b16-12+. The highest BCUT2D eigenvalue weighted by Crippen LogP contribution is 2.26. The van der Waals surface area contributed by atoms with Crippen LogP contribution in [0.15, 0.2) is 58.6 Å². The summed E-state index contributed by atoms with van der Waals surface area (Å²) in [6.45, 7) is 0.0455. The van der Waals surface area contributed by atoms with Gasteiger partial charge in [-0.25, -0.2) is 9.69 Å². The van der Waals surface area contributed by atoms with Crippen LogP contribution in [0, 0.1) is 12.3 Å². The molecular formula is C20H13BrN2O4. The molecule has 0 aromatic heterocycles. The number of terminal acetylenes is 1. The first-order valence-corrected chi connectivity index (χ1v) is 8.63. The number of imide groups is 2. The molecule has 1 saturated heterocycles. The number of nitrogens with zero attached hydrogens (tertiary/aromatic N) is 1. The van der Waals surface area contributed by atoms with Crippen LogP contribution in [0.1, 0.15) is 5.56 Å². The molecule has 2 aromatic carbocycles. The molecule has 0 atom stereocenters. The van der Waals surface area contributed by atoms with E-state index in [-0.39, 0.29) is 12.2 Å². The second kappa shape index (κ2) is 7.89. The zero-order valence-electron chi connectivity index (χ0n) is 13.9. The number of para-hydroxylation sites is 1. The number of halogens is 1. The van der Waals surface area contributed by atoms with Crippen LogP contribution in [0.25, 0.3) is 6.08 Å². The maximum atomic E-state index is 12.9. The molecule has 6 nitrogen and oxygen atoms in total. The number of carbonyl (C=O) groups excluding carboxylic acids is 3. The van der Waals surface area contributed by atoms with Gasteiger partial charge in [0.2, 0.25) is 0 Å². The number of rotatable bonds is 4. The van der Waals surface area contributed by atoms with Gasteiger partial charge >= 0.3 is 6.03 Å². The Bertz CT molecular complexity index is 990. The normalized spacial score (nSPS) is 15.5. The van der Waals surface area contributed by atoms with E-state index in [4.69, 9.17) is 11.2 Å². The van der Waals surface area contributed by atoms with E-state index in [1.54, 1.807) is 48.5 Å². The first-order chi connectivity index (χ1) is 13.0. The number of nitrogens with one attached hydrogen (secondary N) is 1. The lowest BCUT2D eigenvalue weighted by molar-refractivity contribution is -0.122. The van der Waals surface area contributed by atoms with Gasteiger partial charge in [-0.1, -0.05) is 40.0 Å². The molecule has 1 aliphatic heterocycles. The second-order valence-corrected chi connectivity index (χ2v) is 6.38. The maximum absolute atomic E-state index is 12.9. The SMILES string of the molecule is C#CCOc1ccccc1/C=C1\C(=O)NC(=O)N(c2ccc(Br)cc2)C1=O. The van der Waals surface area contributed by atoms with Crippen LogP contribution < -0.4 is 15.0 Å². The van der Waals surface area contributed by atoms with E-state index in [1.165, 1.54) is 6.08 Å². The lowest BCUT2D eigenvalue weighted by Gasteiger charge is -2.26. The van der Waals surface area contributed by atoms with Crippen LogP contribution in [0.2, 0.25) is 0 Å². The Morgan fingerprint density at radius 2 is 1.81 bits per heavy atom. The third-order valence-electron chi connectivity index (χ3n) is 3.72. The van der Waals surface area contributed by atoms with Gasteiger partial charge in [-0.3, -0.25) is 14.9 Å². The van der Waals surface area contributed by atoms with Gasteiger partial charge in [0.05, 0.1) is 5.69 Å². The topological polar surface area (TPSA) is 75.7 Å². The van der Waals surface area contributed by atoms with Crippen molar-refractivity contribution in [1.82, 2.24) is 5.32 Å². The van der Waals surface area contributed by atoms with Gasteiger partial charge in [-0.2, -0.15) is 0 Å². The summed E-state index contributed by atoms with van der Waals surface area (Å²) in [4.78, 5) is 38.2. The summed E-state index contributed by atoms with van der Waals surface area (Å²) in [7, 11) is 0. The summed E-state index contributed by atoms with van der Waals surface area (Å²) < 4.78 is 6.23. The number of anilines is 1. The fourth-order valence-corrected chi connectivity index (χ4v) is 2.75. The minimum atomic E-state index is -0.804. The van der Waals surface area contributed by atoms with Crippen LogP contribution in [-0.4, -0.2) is 24.5 Å². The van der Waals surface area contributed by atoms with Crippen molar-refractivity contribution in [2.24, 2.45) is 0 Å². The summed E-state index contributed by atoms with van der Waals surface area (Å²) in [5.74, 6) is 1.29. The highest BCUT2D eigenvalue weighted by Gasteiger charge is 2.36. The smallest absolute Gasteiger partial charge is 0.335 e. The quantitative estimate of drug-likeness (QED) is 0.464. The van der Waals surface area contributed by atoms with E-state index >= 15 is 0 Å². The van der Waals surface area contributed by atoms with Crippen molar-refractivity contribution < 1.29 is 19.1 Å². The van der Waals surface area contributed by atoms with E-state index in [0.717, 1.165) is 9.37 Å². The summed E-state index contributed by atoms with van der Waals surface area (Å²) in [6.07, 6.45) is 6.58. The predicted molar refractivity (Wildman–Crippen MR) is 104 cm³/mol. The Hall–Kier alpha value is -3.37. The number of benzene rings is 2. The first kappa shape index (κ1) is 18.4. The summed E-state index contributed by atoms with van der Waals surface area (Å²) in [5.41, 5.74) is 0.654. The van der Waals surface area contributed by atoms with Crippen LogP contribution in [-0.2, 0) is 9.59 Å². The number of hydrogen-bond donors (Lipinski definition) is 1. The molecule has 0 spiro atoms. The minimum absolute atomic E-state index is 0.0455. The third kappa shape index (κ3) is 3.91. The van der Waals surface area contributed by atoms with Crippen molar-refractivity contribution >= 4 is 45.5 Å². The van der Waals surface area contributed by atoms with Crippen LogP contribution in [0.4, 0.5) is 10.5 Å². The fourth-order valence-electron chi connectivity index (χ4n) is 2.49. The van der Waals surface area contributed by atoms with E-state index in [9.17, 15) is 14.4 Å². The van der Waals surface area contributed by atoms with Crippen molar-refractivity contribution in [1.29, 1.82) is 0 Å². The van der Waals surface area contributed by atoms with E-state index < -0.39 is 17.8 Å². The Morgan fingerprint density at radius 3 is 2.52 bits per heavy atom. The average Bonchev–Trinajstić information content (AvgIpc) is 2.65. The number of hydrogen-bond acceptors (Lipinski definition) is 4. The van der Waals surface area contributed by atoms with E-state index in [2.05, 4.69) is 27.2 Å². The first-order valence-electron chi connectivity index (χ1n) is 7.83. The number of barbiturate groups is 1. The molecule has 1 N–H and O–H groups in total. The Balaban J connectivity index is 2.00. The summed E-state index contributed by atoms with van der Waals surface area (Å²) >= 11 is 3.30. The molecular weight excluding hydrogens is 412 g/mol. The van der Waals surface area contributed by atoms with Gasteiger partial charge in [-0.15, -0.1) is 6.42 Å². The van der Waals surface area contributed by atoms with E-state index in [1.807, 2.05) is 0 Å². The average molecular weight is 425 g/mol. The van der Waals surface area contributed by atoms with Crippen LogP contribution >= 0.6 is 15.9 Å². The molecule has 4 amide bonds. The van der Waals surface area contributed by atoms with Crippen molar-refractivity contribution in [2.75, 3.05) is 11.5 Å². The van der Waals surface area contributed by atoms with Crippen molar-refractivity contribution in [2.45, 2.75) is 0 Å². The van der Waals surface area contributed by atoms with Gasteiger partial charge < -0.3 is 4.74 Å². The molecule has 134 valence electrons. The largest absolute Gasteiger partial charge is 0.480 e. The molecule has 27 heavy (non-hydrogen) atoms. The van der Waals surface area contributed by atoms with Crippen LogP contribution in [0.5, 0.6) is 5.75 Å². The molecule has 0 unspecified atom stereocenters. The Labute approximate surface area is 163 Å². The molecule has 1 fully saturated rings. The highest BCUT2D eigenvalue weighted by atomic mass is 79.9. The maximum Gasteiger partial charge on any atom is 0.335 e. The van der Waals surface area contributed by atoms with E-state index in [0.29, 0.717) is 17.0 Å². The number of carbonyl (C=O) groups is 3. The zero-order chi connectivity index (χ0) is 19.4. The highest BCUT2D eigenvalue weighted by molar-refractivity contribution is 9.10.